The number of nitrogens with two attached hydrogens (primary N) is 2. The molecule has 1 fully saturated rings. The zero-order chi connectivity index (χ0) is 15.0. The molecule has 1 aliphatic carbocycles. The Morgan fingerprint density at radius 3 is 2.57 bits per heavy atom. The van der Waals surface area contributed by atoms with Crippen molar-refractivity contribution in [2.24, 2.45) is 21.5 Å². The Morgan fingerprint density at radius 2 is 1.90 bits per heavy atom. The number of hydrogen-bond acceptors (Lipinski definition) is 5. The summed E-state index contributed by atoms with van der Waals surface area (Å²) in [6.45, 7) is 2.10. The highest BCUT2D eigenvalue weighted by atomic mass is 127. The summed E-state index contributed by atoms with van der Waals surface area (Å²) in [4.78, 5) is 10.9. The van der Waals surface area contributed by atoms with Crippen molar-refractivity contribution in [3.63, 3.8) is 0 Å². The van der Waals surface area contributed by atoms with Crippen molar-refractivity contribution < 1.29 is 0 Å². The highest BCUT2D eigenvalue weighted by Crippen LogP contribution is 2.39. The van der Waals surface area contributed by atoms with E-state index in [0.29, 0.717) is 11.9 Å². The fourth-order valence-corrected chi connectivity index (χ4v) is 3.60. The lowest BCUT2D eigenvalue weighted by molar-refractivity contribution is 0.305. The van der Waals surface area contributed by atoms with Crippen LogP contribution in [-0.2, 0) is 0 Å². The Balaban J connectivity index is 2.08. The third kappa shape index (κ3) is 2.61. The zero-order valence-electron chi connectivity index (χ0n) is 12.1. The van der Waals surface area contributed by atoms with Crippen molar-refractivity contribution in [2.75, 3.05) is 4.90 Å². The van der Waals surface area contributed by atoms with Crippen LogP contribution in [0, 0.1) is 10.5 Å². The Kier molecular flexibility index (Phi) is 3.81. The Hall–Kier alpha value is -1.31. The van der Waals surface area contributed by atoms with E-state index >= 15 is 0 Å². The molecule has 0 atom stereocenters. The minimum Gasteiger partial charge on any atom is -0.369 e. The molecule has 0 unspecified atom stereocenters. The number of nitrogens with zero attached hydrogens (tertiary/aromatic N) is 3. The van der Waals surface area contributed by atoms with Crippen LogP contribution in [0.3, 0.4) is 0 Å². The number of anilines is 1. The van der Waals surface area contributed by atoms with Crippen LogP contribution in [0.1, 0.15) is 37.7 Å². The van der Waals surface area contributed by atoms with Gasteiger partial charge in [-0.2, -0.15) is 4.99 Å². The third-order valence-corrected chi connectivity index (χ3v) is 5.46. The maximum absolute atomic E-state index is 6.21. The van der Waals surface area contributed by atoms with Crippen LogP contribution < -0.4 is 16.4 Å². The molecule has 5 nitrogen and oxygen atoms in total. The summed E-state index contributed by atoms with van der Waals surface area (Å²) in [5.74, 6) is 0.748. The first kappa shape index (κ1) is 14.6. The molecule has 0 saturated heterocycles. The van der Waals surface area contributed by atoms with Crippen molar-refractivity contribution >= 4 is 40.2 Å². The van der Waals surface area contributed by atoms with Gasteiger partial charge in [-0.3, -0.25) is 4.90 Å². The molecule has 4 N–H and O–H groups in total. The summed E-state index contributed by atoms with van der Waals surface area (Å²) in [6.07, 6.45) is 5.46. The predicted octanol–water partition coefficient (Wildman–Crippen LogP) is 2.71. The van der Waals surface area contributed by atoms with Gasteiger partial charge in [0.1, 0.15) is 5.66 Å². The lowest BCUT2D eigenvalue weighted by Crippen LogP contribution is -2.58. The molecule has 1 aliphatic heterocycles. The van der Waals surface area contributed by atoms with Gasteiger partial charge in [0, 0.05) is 9.26 Å². The lowest BCUT2D eigenvalue weighted by atomic mass is 9.87. The van der Waals surface area contributed by atoms with Gasteiger partial charge < -0.3 is 11.5 Å². The van der Waals surface area contributed by atoms with E-state index in [0.717, 1.165) is 31.4 Å². The summed E-state index contributed by atoms with van der Waals surface area (Å²) in [5, 5.41) is 0. The zero-order valence-corrected chi connectivity index (χ0v) is 14.3. The van der Waals surface area contributed by atoms with Crippen LogP contribution in [0.15, 0.2) is 28.2 Å². The molecule has 1 aromatic rings. The molecule has 1 aromatic carbocycles. The molecule has 1 spiro atoms. The van der Waals surface area contributed by atoms with Crippen molar-refractivity contribution in [3.05, 3.63) is 27.3 Å². The van der Waals surface area contributed by atoms with E-state index in [1.165, 1.54) is 15.6 Å². The van der Waals surface area contributed by atoms with E-state index in [2.05, 4.69) is 62.6 Å². The average Bonchev–Trinajstić information content (AvgIpc) is 2.42. The molecule has 112 valence electrons. The lowest BCUT2D eigenvalue weighted by Gasteiger charge is -2.45. The normalized spacial score (nSPS) is 21.1. The summed E-state index contributed by atoms with van der Waals surface area (Å²) in [7, 11) is 0. The maximum atomic E-state index is 6.21. The van der Waals surface area contributed by atoms with Gasteiger partial charge in [-0.15, -0.1) is 0 Å². The number of aliphatic imine (C=N–C) groups is 2. The molecular formula is C15H20IN5. The molecular weight excluding hydrogens is 377 g/mol. The Labute approximate surface area is 138 Å². The molecule has 3 rings (SSSR count). The molecule has 1 saturated carbocycles. The summed E-state index contributed by atoms with van der Waals surface area (Å²) < 4.78 is 1.24. The first-order chi connectivity index (χ1) is 10.0. The molecule has 0 bridgehead atoms. The maximum Gasteiger partial charge on any atom is 0.220 e. The van der Waals surface area contributed by atoms with E-state index in [4.69, 9.17) is 11.5 Å². The van der Waals surface area contributed by atoms with Gasteiger partial charge >= 0.3 is 0 Å². The van der Waals surface area contributed by atoms with Gasteiger partial charge in [0.2, 0.25) is 11.9 Å². The molecule has 2 aliphatic rings. The third-order valence-electron chi connectivity index (χ3n) is 4.25. The minimum absolute atomic E-state index is 0.299. The van der Waals surface area contributed by atoms with Crippen molar-refractivity contribution in [2.45, 2.75) is 44.7 Å². The largest absolute Gasteiger partial charge is 0.369 e. The number of halogens is 1. The highest BCUT2D eigenvalue weighted by molar-refractivity contribution is 14.1. The van der Waals surface area contributed by atoms with E-state index in [1.807, 2.05) is 0 Å². The van der Waals surface area contributed by atoms with Gasteiger partial charge in [-0.1, -0.05) is 6.42 Å². The second-order valence-corrected chi connectivity index (χ2v) is 6.91. The standard InChI is InChI=1S/C15H20IN5/c1-10-9-11(5-6-12(10)16)21-14(18)19-13(17)20-15(21)7-3-2-4-8-15/h5-6,9H,2-4,7-8H2,1H3,(H4,17,18,19,20). The SMILES string of the molecule is Cc1cc(N2C(N)=NC(N)=NC23CCCCC3)ccc1I. The molecule has 6 heteroatoms. The van der Waals surface area contributed by atoms with Crippen LogP contribution in [0.25, 0.3) is 0 Å². The smallest absolute Gasteiger partial charge is 0.220 e. The van der Waals surface area contributed by atoms with Gasteiger partial charge in [-0.25, -0.2) is 4.99 Å². The average molecular weight is 397 g/mol. The van der Waals surface area contributed by atoms with Gasteiger partial charge in [-0.05, 0) is 79.0 Å². The topological polar surface area (TPSA) is 80.0 Å². The van der Waals surface area contributed by atoms with Crippen LogP contribution in [0.4, 0.5) is 5.69 Å². The first-order valence-electron chi connectivity index (χ1n) is 7.28. The number of hydrogen-bond donors (Lipinski definition) is 2. The van der Waals surface area contributed by atoms with Gasteiger partial charge in [0.25, 0.3) is 0 Å². The van der Waals surface area contributed by atoms with E-state index < -0.39 is 0 Å². The quantitative estimate of drug-likeness (QED) is 0.716. The second kappa shape index (κ2) is 5.47. The predicted molar refractivity (Wildman–Crippen MR) is 95.4 cm³/mol. The molecule has 21 heavy (non-hydrogen) atoms. The van der Waals surface area contributed by atoms with E-state index in [-0.39, 0.29) is 5.66 Å². The molecule has 1 heterocycles. The fourth-order valence-electron chi connectivity index (χ4n) is 3.26. The van der Waals surface area contributed by atoms with Crippen molar-refractivity contribution in [1.82, 2.24) is 0 Å². The molecule has 0 aromatic heterocycles. The summed E-state index contributed by atoms with van der Waals surface area (Å²) in [5.41, 5.74) is 14.0. The fraction of sp³-hybridized carbons (Fsp3) is 0.467. The highest BCUT2D eigenvalue weighted by Gasteiger charge is 2.42. The number of aryl methyl sites for hydroxylation is 1. The summed E-state index contributed by atoms with van der Waals surface area (Å²) >= 11 is 2.34. The number of guanidine groups is 2. The summed E-state index contributed by atoms with van der Waals surface area (Å²) in [6, 6.07) is 6.35. The van der Waals surface area contributed by atoms with Gasteiger partial charge in [0.05, 0.1) is 0 Å². The molecule has 0 radical (unpaired) electrons. The number of benzene rings is 1. The first-order valence-corrected chi connectivity index (χ1v) is 8.36. The van der Waals surface area contributed by atoms with Crippen LogP contribution in [0.5, 0.6) is 0 Å². The Morgan fingerprint density at radius 1 is 1.19 bits per heavy atom. The Bertz CT molecular complexity index is 616. The van der Waals surface area contributed by atoms with Crippen LogP contribution in [0.2, 0.25) is 0 Å². The van der Waals surface area contributed by atoms with E-state index in [1.54, 1.807) is 0 Å². The van der Waals surface area contributed by atoms with E-state index in [9.17, 15) is 0 Å². The van der Waals surface area contributed by atoms with Crippen molar-refractivity contribution in [3.8, 4) is 0 Å². The van der Waals surface area contributed by atoms with Crippen LogP contribution in [-0.4, -0.2) is 17.6 Å². The molecule has 0 amide bonds. The minimum atomic E-state index is -0.354. The van der Waals surface area contributed by atoms with Gasteiger partial charge in [0.15, 0.2) is 0 Å². The monoisotopic (exact) mass is 397 g/mol. The van der Waals surface area contributed by atoms with Crippen molar-refractivity contribution in [1.29, 1.82) is 0 Å². The van der Waals surface area contributed by atoms with Crippen LogP contribution >= 0.6 is 22.6 Å². The second-order valence-electron chi connectivity index (χ2n) is 5.75. The number of rotatable bonds is 1.